The van der Waals surface area contributed by atoms with Crippen molar-refractivity contribution in [3.63, 3.8) is 0 Å². The number of likely N-dealkylation sites (tertiary alicyclic amines) is 1. The van der Waals surface area contributed by atoms with Crippen LogP contribution in [0.3, 0.4) is 0 Å². The molecule has 104 heavy (non-hydrogen) atoms. The molecule has 4 aliphatic carbocycles. The van der Waals surface area contributed by atoms with Gasteiger partial charge in [0.2, 0.25) is 0 Å². The second-order valence-electron chi connectivity index (χ2n) is 25.5. The molecule has 0 spiro atoms. The third kappa shape index (κ3) is 48.1. The fourth-order valence-electron chi connectivity index (χ4n) is 12.4. The van der Waals surface area contributed by atoms with Crippen molar-refractivity contribution in [3.05, 3.63) is 215 Å². The number of furan rings is 1. The van der Waals surface area contributed by atoms with Crippen LogP contribution in [0.5, 0.6) is 0 Å². The molecule has 4 aromatic carbocycles. The second kappa shape index (κ2) is 68.6. The number of pyridine rings is 1. The number of fused-ring (bicyclic) bond motifs is 1. The molecule has 16 heteroatoms. The number of anilines is 3. The fraction of sp³-hybridized carbons (Fsp3) is 0.557. The maximum absolute atomic E-state index is 5.07. The summed E-state index contributed by atoms with van der Waals surface area (Å²) in [5, 5.41) is 41.1. The monoisotopic (exact) mass is 1460 g/mol. The summed E-state index contributed by atoms with van der Waals surface area (Å²) in [4.78, 5) is 7.90. The van der Waals surface area contributed by atoms with Gasteiger partial charge in [-0.15, -0.1) is 11.3 Å². The number of piperidine rings is 1. The van der Waals surface area contributed by atoms with Gasteiger partial charge in [0.05, 0.1) is 24.2 Å². The third-order valence-electron chi connectivity index (χ3n) is 17.4. The molecule has 15 nitrogen and oxygen atoms in total. The van der Waals surface area contributed by atoms with E-state index >= 15 is 0 Å². The zero-order chi connectivity index (χ0) is 72.1. The van der Waals surface area contributed by atoms with E-state index in [-0.39, 0.29) is 29.7 Å². The lowest BCUT2D eigenvalue weighted by atomic mass is 9.54. The molecule has 6 aliphatic rings. The molecule has 1 saturated heterocycles. The Morgan fingerprint density at radius 2 is 0.952 bits per heavy atom. The summed E-state index contributed by atoms with van der Waals surface area (Å²) in [7, 11) is 1.93. The molecule has 5 heterocycles. The van der Waals surface area contributed by atoms with Crippen LogP contribution in [0.25, 0.3) is 0 Å². The van der Waals surface area contributed by atoms with Gasteiger partial charge in [0.1, 0.15) is 11.6 Å². The van der Waals surface area contributed by atoms with E-state index in [0.717, 1.165) is 169 Å². The lowest BCUT2D eigenvalue weighted by Crippen LogP contribution is -2.54. The van der Waals surface area contributed by atoms with E-state index in [9.17, 15) is 0 Å². The Bertz CT molecular complexity index is 2710. The van der Waals surface area contributed by atoms with Crippen molar-refractivity contribution in [3.8, 4) is 0 Å². The van der Waals surface area contributed by atoms with Gasteiger partial charge >= 0.3 is 0 Å². The van der Waals surface area contributed by atoms with Crippen LogP contribution in [0, 0.1) is 23.7 Å². The zero-order valence-corrected chi connectivity index (χ0v) is 64.8. The first-order chi connectivity index (χ1) is 49.1. The van der Waals surface area contributed by atoms with E-state index in [1.807, 2.05) is 61.9 Å². The van der Waals surface area contributed by atoms with E-state index in [0.29, 0.717) is 0 Å². The van der Waals surface area contributed by atoms with Crippen molar-refractivity contribution >= 4 is 28.4 Å². The molecule has 4 bridgehead atoms. The van der Waals surface area contributed by atoms with Gasteiger partial charge in [-0.05, 0) is 244 Å². The van der Waals surface area contributed by atoms with Gasteiger partial charge in [0.15, 0.2) is 0 Å². The summed E-state index contributed by atoms with van der Waals surface area (Å²) < 4.78 is 5.07. The molecule has 0 atom stereocenters. The van der Waals surface area contributed by atoms with Crippen LogP contribution in [-0.2, 0) is 39.1 Å². The lowest BCUT2D eigenvalue weighted by molar-refractivity contribution is -0.0129. The summed E-state index contributed by atoms with van der Waals surface area (Å²) in [6.07, 6.45) is 18.5. The Labute approximate surface area is 642 Å². The Morgan fingerprint density at radius 1 is 0.471 bits per heavy atom. The van der Waals surface area contributed by atoms with Crippen molar-refractivity contribution in [1.29, 1.82) is 0 Å². The molecule has 13 rings (SSSR count). The summed E-state index contributed by atoms with van der Waals surface area (Å²) in [6.45, 7) is 46.4. The molecule has 2 aliphatic heterocycles. The van der Waals surface area contributed by atoms with Crippen LogP contribution in [-0.4, -0.2) is 121 Å². The smallest absolute Gasteiger partial charge is 0.117 e. The van der Waals surface area contributed by atoms with E-state index in [1.165, 1.54) is 72.6 Å². The number of nitrogens with one attached hydrogen (secondary N) is 12. The fourth-order valence-corrected chi connectivity index (χ4v) is 13.1. The van der Waals surface area contributed by atoms with Gasteiger partial charge < -0.3 is 73.1 Å². The number of hydrogen-bond donors (Lipinski definition) is 12. The van der Waals surface area contributed by atoms with E-state index in [4.69, 9.17) is 4.42 Å². The predicted octanol–water partition coefficient (Wildman–Crippen LogP) is 18.6. The average Bonchev–Trinajstić information content (AvgIpc) is 0.863. The van der Waals surface area contributed by atoms with Gasteiger partial charge in [0.25, 0.3) is 0 Å². The zero-order valence-electron chi connectivity index (χ0n) is 64.0. The Hall–Kier alpha value is -6.25. The third-order valence-corrected chi connectivity index (χ3v) is 18.3. The molecular formula is C88H154N14OS. The lowest BCUT2D eigenvalue weighted by Gasteiger charge is -2.54. The quantitative estimate of drug-likeness (QED) is 0.0209. The van der Waals surface area contributed by atoms with Crippen molar-refractivity contribution in [1.82, 2.24) is 57.7 Å². The van der Waals surface area contributed by atoms with Crippen molar-refractivity contribution in [2.24, 2.45) is 23.7 Å². The predicted molar refractivity (Wildman–Crippen MR) is 463 cm³/mol. The number of likely N-dealkylation sites (N-methyl/N-ethyl adjacent to an activating group) is 2. The standard InChI is InChI=1S/C12H21N.C10H13N3.C10H15N.C9H20N2.2C9H13N.C8H12N2.C7H11NO.C7H11NS.C3H9N.4CH4/c1-2-13-12-10-4-8-3-9(6-10)7-11(12)5-8;1-3-11-8-4-5-9-10(6-8)13-7(2)12-9;1-2-11-9-8-10-6-4-3-5-7-10;1-2-10-6-9-11-7-4-3-5-8-11;2*1-2-10-8-9-6-4-3-5-7-9;1-2-9-7-8-3-5-10-6-4-8;2*1-2-8-6-7-4-3-5-9-7;1-3-4-2;;;;/h8-13H,2-7H2,1H3;4-6,11-13H,2-3H2,1H3;3-7,11H,2,8-9H2,1H3;10H,2-9H2,1H3;2*3-7,10H,2,8H2,1H3;3-6,9H,2,7H2,1H3;2*3-5,8H,2,6H2,1H3;4H,3H2,1-2H3;4*1H4. The first-order valence-electron chi connectivity index (χ1n) is 38.3. The molecule has 12 N–H and O–H groups in total. The Balaban J connectivity index is 0. The summed E-state index contributed by atoms with van der Waals surface area (Å²) in [5.41, 5.74) is 8.71. The molecule has 7 aromatic rings. The highest BCUT2D eigenvalue weighted by atomic mass is 32.1. The highest BCUT2D eigenvalue weighted by Crippen LogP contribution is 2.53. The molecule has 0 radical (unpaired) electrons. The summed E-state index contributed by atoms with van der Waals surface area (Å²) in [6, 6.07) is 50.6. The molecule has 0 unspecified atom stereocenters. The Morgan fingerprint density at radius 3 is 1.41 bits per heavy atom. The first-order valence-corrected chi connectivity index (χ1v) is 39.2. The van der Waals surface area contributed by atoms with Gasteiger partial charge in [0, 0.05) is 74.8 Å². The molecule has 5 fully saturated rings. The van der Waals surface area contributed by atoms with Crippen molar-refractivity contribution < 1.29 is 4.42 Å². The molecule has 3 aromatic heterocycles. The van der Waals surface area contributed by atoms with Crippen LogP contribution in [0.2, 0.25) is 0 Å². The largest absolute Gasteiger partial charge is 0.468 e. The van der Waals surface area contributed by atoms with Crippen LogP contribution >= 0.6 is 11.3 Å². The second-order valence-corrected chi connectivity index (χ2v) is 26.5. The molecule has 588 valence electrons. The number of nitrogens with zero attached hydrogens (tertiary/aromatic N) is 2. The topological polar surface area (TPSA) is 174 Å². The maximum Gasteiger partial charge on any atom is 0.117 e. The number of aromatic nitrogens is 1. The highest BCUT2D eigenvalue weighted by Gasteiger charge is 2.47. The van der Waals surface area contributed by atoms with Crippen LogP contribution < -0.4 is 63.8 Å². The molecule has 0 amide bonds. The van der Waals surface area contributed by atoms with E-state index in [2.05, 4.69) is 258 Å². The number of hydrogen-bond acceptors (Lipinski definition) is 16. The van der Waals surface area contributed by atoms with E-state index in [1.54, 1.807) is 49.7 Å². The van der Waals surface area contributed by atoms with Crippen LogP contribution in [0.1, 0.15) is 183 Å². The van der Waals surface area contributed by atoms with E-state index < -0.39 is 0 Å². The van der Waals surface area contributed by atoms with Gasteiger partial charge in [-0.3, -0.25) is 4.98 Å². The average molecular weight is 1460 g/mol. The summed E-state index contributed by atoms with van der Waals surface area (Å²) >= 11 is 1.80. The minimum absolute atomic E-state index is 0. The van der Waals surface area contributed by atoms with Gasteiger partial charge in [-0.25, -0.2) is 0 Å². The molecule has 4 saturated carbocycles. The number of thiophene rings is 1. The highest BCUT2D eigenvalue weighted by molar-refractivity contribution is 7.09. The van der Waals surface area contributed by atoms with Gasteiger partial charge in [-0.2, -0.15) is 0 Å². The van der Waals surface area contributed by atoms with Crippen molar-refractivity contribution in [2.45, 2.75) is 195 Å². The number of benzene rings is 4. The first kappa shape index (κ1) is 99.8. The molecular weight excluding hydrogens is 1300 g/mol. The Kier molecular flexibility index (Phi) is 65.8. The SMILES string of the molecule is C.C.C.C.C=C1Nc2ccc(NCC)cc2N1.CCNC.CCNC1C2CC3CC(C2)CC1C3.CCNCCN1CCCCC1.CCNCCc1ccccc1.CCNCc1ccccc1.CCNCc1ccccc1.CCNCc1ccco1.CCNCc1cccs1.CCNCc1ccncc1. The minimum Gasteiger partial charge on any atom is -0.468 e. The summed E-state index contributed by atoms with van der Waals surface area (Å²) in [5.74, 6) is 6.18. The normalized spacial score (nSPS) is 16.3. The maximum atomic E-state index is 5.07. The van der Waals surface area contributed by atoms with Crippen LogP contribution in [0.15, 0.2) is 186 Å². The number of rotatable bonds is 28. The van der Waals surface area contributed by atoms with Gasteiger partial charge in [-0.1, -0.05) is 202 Å². The van der Waals surface area contributed by atoms with Crippen LogP contribution in [0.4, 0.5) is 17.1 Å². The van der Waals surface area contributed by atoms with Crippen molar-refractivity contribution in [2.75, 3.05) is 121 Å². The minimum atomic E-state index is 0.